The minimum Gasteiger partial charge on any atom is -0.356 e. The molecular formula is C29H31N. The zero-order valence-electron chi connectivity index (χ0n) is 18.4. The highest BCUT2D eigenvalue weighted by atomic mass is 14.9. The lowest BCUT2D eigenvalue weighted by molar-refractivity contribution is 0.322. The molecule has 0 heterocycles. The summed E-state index contributed by atoms with van der Waals surface area (Å²) in [4.78, 5) is 0. The summed E-state index contributed by atoms with van der Waals surface area (Å²) < 4.78 is 0. The van der Waals surface area contributed by atoms with Crippen molar-refractivity contribution in [1.29, 1.82) is 0 Å². The van der Waals surface area contributed by atoms with E-state index < -0.39 is 0 Å². The Morgan fingerprint density at radius 2 is 1.53 bits per heavy atom. The topological polar surface area (TPSA) is 12.0 Å². The molecule has 3 aliphatic rings. The van der Waals surface area contributed by atoms with Gasteiger partial charge in [-0.15, -0.1) is 0 Å². The van der Waals surface area contributed by atoms with Crippen LogP contribution in [-0.2, 0) is 10.8 Å². The van der Waals surface area contributed by atoms with E-state index in [0.29, 0.717) is 17.8 Å². The Balaban J connectivity index is 1.39. The third-order valence-electron chi connectivity index (χ3n) is 7.58. The predicted octanol–water partition coefficient (Wildman–Crippen LogP) is 7.26. The summed E-state index contributed by atoms with van der Waals surface area (Å²) in [5, 5.41) is 3.66. The Morgan fingerprint density at radius 1 is 0.833 bits per heavy atom. The molecule has 3 aliphatic carbocycles. The summed E-state index contributed by atoms with van der Waals surface area (Å²) in [5.74, 6) is 1.45. The summed E-state index contributed by atoms with van der Waals surface area (Å²) >= 11 is 0. The van der Waals surface area contributed by atoms with Crippen LogP contribution in [0, 0.1) is 11.8 Å². The standard InChI is InChI=1S/C29H31N/c1-20-9-5-6-10-24(20)21-13-15-22(16-14-21)30-23-17-18-29(4)26-12-8-7-11-25(26)28(2,3)27(29)19-23/h5-20,24,27,30H,1-4H3/t20?,24?,27-,29?/m1/s1. The van der Waals surface area contributed by atoms with E-state index in [1.807, 2.05) is 0 Å². The van der Waals surface area contributed by atoms with E-state index in [9.17, 15) is 0 Å². The maximum atomic E-state index is 3.66. The Morgan fingerprint density at radius 3 is 2.27 bits per heavy atom. The smallest absolute Gasteiger partial charge is 0.0384 e. The maximum Gasteiger partial charge on any atom is 0.0384 e. The number of fused-ring (bicyclic) bond motifs is 3. The van der Waals surface area contributed by atoms with Crippen LogP contribution in [-0.4, -0.2) is 0 Å². The second-order valence-corrected chi connectivity index (χ2v) is 9.88. The molecular weight excluding hydrogens is 362 g/mol. The van der Waals surface area contributed by atoms with Crippen LogP contribution in [0.2, 0.25) is 0 Å². The fraction of sp³-hybridized carbons (Fsp3) is 0.310. The summed E-state index contributed by atoms with van der Waals surface area (Å²) in [6.45, 7) is 9.44. The molecule has 0 aliphatic heterocycles. The fourth-order valence-electron chi connectivity index (χ4n) is 5.84. The van der Waals surface area contributed by atoms with Crippen LogP contribution < -0.4 is 5.32 Å². The molecule has 0 fully saturated rings. The highest BCUT2D eigenvalue weighted by Gasteiger charge is 2.52. The van der Waals surface area contributed by atoms with Gasteiger partial charge in [-0.05, 0) is 46.2 Å². The molecule has 0 saturated heterocycles. The van der Waals surface area contributed by atoms with Crippen molar-refractivity contribution in [3.63, 3.8) is 0 Å². The van der Waals surface area contributed by atoms with E-state index in [4.69, 9.17) is 0 Å². The van der Waals surface area contributed by atoms with E-state index in [-0.39, 0.29) is 10.8 Å². The van der Waals surface area contributed by atoms with E-state index in [2.05, 4.69) is 124 Å². The van der Waals surface area contributed by atoms with Gasteiger partial charge in [-0.1, -0.05) is 101 Å². The van der Waals surface area contributed by atoms with Gasteiger partial charge in [-0.3, -0.25) is 0 Å². The van der Waals surface area contributed by atoms with Crippen LogP contribution in [0.3, 0.4) is 0 Å². The quantitative estimate of drug-likeness (QED) is 0.578. The summed E-state index contributed by atoms with van der Waals surface area (Å²) in [7, 11) is 0. The van der Waals surface area contributed by atoms with Gasteiger partial charge in [0.15, 0.2) is 0 Å². The molecule has 152 valence electrons. The van der Waals surface area contributed by atoms with Crippen molar-refractivity contribution >= 4 is 5.69 Å². The average Bonchev–Trinajstić information content (AvgIpc) is 2.93. The van der Waals surface area contributed by atoms with Gasteiger partial charge in [0, 0.05) is 28.6 Å². The normalized spacial score (nSPS) is 30.5. The lowest BCUT2D eigenvalue weighted by Crippen LogP contribution is -2.35. The number of benzene rings is 2. The van der Waals surface area contributed by atoms with Crippen molar-refractivity contribution in [2.24, 2.45) is 11.8 Å². The maximum absolute atomic E-state index is 3.66. The summed E-state index contributed by atoms with van der Waals surface area (Å²) in [5.41, 5.74) is 6.85. The molecule has 5 rings (SSSR count). The average molecular weight is 394 g/mol. The van der Waals surface area contributed by atoms with Crippen LogP contribution in [0.5, 0.6) is 0 Å². The highest BCUT2D eigenvalue weighted by Crippen LogP contribution is 2.56. The van der Waals surface area contributed by atoms with Crippen molar-refractivity contribution in [1.82, 2.24) is 0 Å². The first-order chi connectivity index (χ1) is 14.4. The molecule has 1 N–H and O–H groups in total. The van der Waals surface area contributed by atoms with Gasteiger partial charge >= 0.3 is 0 Å². The first-order valence-electron chi connectivity index (χ1n) is 11.1. The van der Waals surface area contributed by atoms with Crippen LogP contribution in [0.15, 0.2) is 96.8 Å². The van der Waals surface area contributed by atoms with Crippen molar-refractivity contribution in [2.45, 2.75) is 44.4 Å². The van der Waals surface area contributed by atoms with Crippen LogP contribution in [0.1, 0.15) is 50.3 Å². The molecule has 2 aromatic rings. The van der Waals surface area contributed by atoms with Crippen molar-refractivity contribution in [3.05, 3.63) is 113 Å². The van der Waals surface area contributed by atoms with Crippen molar-refractivity contribution in [3.8, 4) is 0 Å². The lowest BCUT2D eigenvalue weighted by atomic mass is 9.67. The van der Waals surface area contributed by atoms with Crippen LogP contribution in [0.25, 0.3) is 0 Å². The van der Waals surface area contributed by atoms with Gasteiger partial charge in [0.25, 0.3) is 0 Å². The first kappa shape index (κ1) is 19.2. The van der Waals surface area contributed by atoms with Crippen molar-refractivity contribution < 1.29 is 0 Å². The van der Waals surface area contributed by atoms with Crippen LogP contribution >= 0.6 is 0 Å². The number of hydrogen-bond acceptors (Lipinski definition) is 1. The van der Waals surface area contributed by atoms with Gasteiger partial charge in [-0.2, -0.15) is 0 Å². The molecule has 0 bridgehead atoms. The summed E-state index contributed by atoms with van der Waals surface area (Å²) in [6.07, 6.45) is 16.0. The Kier molecular flexibility index (Phi) is 4.39. The molecule has 0 saturated carbocycles. The second kappa shape index (κ2) is 6.87. The molecule has 2 aromatic carbocycles. The number of nitrogens with one attached hydrogen (secondary N) is 1. The third-order valence-corrected chi connectivity index (χ3v) is 7.58. The van der Waals surface area contributed by atoms with Crippen LogP contribution in [0.4, 0.5) is 5.69 Å². The second-order valence-electron chi connectivity index (χ2n) is 9.88. The van der Waals surface area contributed by atoms with Gasteiger partial charge in [0.05, 0.1) is 0 Å². The fourth-order valence-corrected chi connectivity index (χ4v) is 5.84. The lowest BCUT2D eigenvalue weighted by Gasteiger charge is -2.37. The number of rotatable bonds is 3. The van der Waals surface area contributed by atoms with Gasteiger partial charge < -0.3 is 5.32 Å². The summed E-state index contributed by atoms with van der Waals surface area (Å²) in [6, 6.07) is 17.9. The van der Waals surface area contributed by atoms with Gasteiger partial charge in [0.1, 0.15) is 0 Å². The largest absolute Gasteiger partial charge is 0.356 e. The van der Waals surface area contributed by atoms with E-state index >= 15 is 0 Å². The molecule has 3 unspecified atom stereocenters. The number of anilines is 1. The minimum atomic E-state index is 0.0616. The highest BCUT2D eigenvalue weighted by molar-refractivity contribution is 5.58. The zero-order valence-corrected chi connectivity index (χ0v) is 18.4. The minimum absolute atomic E-state index is 0.0616. The molecule has 0 aromatic heterocycles. The first-order valence-corrected chi connectivity index (χ1v) is 11.1. The molecule has 4 atom stereocenters. The number of allylic oxidation sites excluding steroid dienone is 7. The van der Waals surface area contributed by atoms with E-state index in [0.717, 1.165) is 5.69 Å². The Hall–Kier alpha value is -2.80. The van der Waals surface area contributed by atoms with Gasteiger partial charge in [0.2, 0.25) is 0 Å². The van der Waals surface area contributed by atoms with Gasteiger partial charge in [-0.25, -0.2) is 0 Å². The van der Waals surface area contributed by atoms with E-state index in [1.54, 1.807) is 0 Å². The monoisotopic (exact) mass is 393 g/mol. The Labute approximate surface area is 180 Å². The number of hydrogen-bond donors (Lipinski definition) is 1. The molecule has 0 spiro atoms. The van der Waals surface area contributed by atoms with E-state index in [1.165, 1.54) is 22.4 Å². The Bertz CT molecular complexity index is 1080. The van der Waals surface area contributed by atoms with Crippen molar-refractivity contribution in [2.75, 3.05) is 5.32 Å². The molecule has 1 heteroatoms. The molecule has 0 amide bonds. The zero-order chi connectivity index (χ0) is 20.9. The predicted molar refractivity (Wildman–Crippen MR) is 128 cm³/mol. The molecule has 0 radical (unpaired) electrons. The molecule has 1 nitrogen and oxygen atoms in total. The molecule has 30 heavy (non-hydrogen) atoms. The SMILES string of the molecule is CC1C=CC=CC1c1ccc(NC2=C[C@@H]3C(C)(C)c4ccccc4C3(C)C=C2)cc1. The third kappa shape index (κ3) is 2.91.